The van der Waals surface area contributed by atoms with Crippen LogP contribution in [0.25, 0.3) is 0 Å². The first-order valence-electron chi connectivity index (χ1n) is 7.99. The second kappa shape index (κ2) is 6.36. The second-order valence-corrected chi connectivity index (χ2v) is 7.11. The van der Waals surface area contributed by atoms with E-state index in [-0.39, 0.29) is 0 Å². The molecule has 0 amide bonds. The van der Waals surface area contributed by atoms with Crippen LogP contribution < -0.4 is 5.32 Å². The number of rotatable bonds is 4. The summed E-state index contributed by atoms with van der Waals surface area (Å²) in [5, 5.41) is 4.89. The summed E-state index contributed by atoms with van der Waals surface area (Å²) >= 11 is 12.1. The molecule has 0 aromatic heterocycles. The number of anilines is 1. The molecule has 2 unspecified atom stereocenters. The highest BCUT2D eigenvalue weighted by Gasteiger charge is 2.55. The van der Waals surface area contributed by atoms with Gasteiger partial charge in [0.15, 0.2) is 0 Å². The van der Waals surface area contributed by atoms with Gasteiger partial charge in [0.05, 0.1) is 16.1 Å². The van der Waals surface area contributed by atoms with Crippen molar-refractivity contribution in [3.63, 3.8) is 0 Å². The fourth-order valence-electron chi connectivity index (χ4n) is 4.05. The van der Waals surface area contributed by atoms with E-state index in [9.17, 15) is 0 Å². The van der Waals surface area contributed by atoms with Gasteiger partial charge in [0.1, 0.15) is 0 Å². The molecule has 2 atom stereocenters. The average molecular weight is 328 g/mol. The van der Waals surface area contributed by atoms with Gasteiger partial charge in [-0.25, -0.2) is 0 Å². The fourth-order valence-corrected chi connectivity index (χ4v) is 4.35. The topological polar surface area (TPSA) is 21.3 Å². The van der Waals surface area contributed by atoms with Gasteiger partial charge in [0, 0.05) is 23.8 Å². The lowest BCUT2D eigenvalue weighted by molar-refractivity contribution is -0.134. The minimum absolute atomic E-state index is 0.320. The lowest BCUT2D eigenvalue weighted by Crippen LogP contribution is -2.62. The number of halogens is 2. The maximum atomic E-state index is 6.12. The summed E-state index contributed by atoms with van der Waals surface area (Å²) in [5.74, 6) is 0. The normalized spacial score (nSPS) is 27.4. The largest absolute Gasteiger partial charge is 0.382 e. The Kier molecular flexibility index (Phi) is 4.68. The third-order valence-corrected chi connectivity index (χ3v) is 5.94. The Morgan fingerprint density at radius 3 is 2.62 bits per heavy atom. The van der Waals surface area contributed by atoms with E-state index in [4.69, 9.17) is 27.9 Å². The van der Waals surface area contributed by atoms with Crippen LogP contribution in [0.15, 0.2) is 18.2 Å². The molecule has 2 aliphatic rings. The summed E-state index contributed by atoms with van der Waals surface area (Å²) in [7, 11) is 0. The molecule has 3 rings (SSSR count). The maximum Gasteiger partial charge on any atom is 0.0670 e. The van der Waals surface area contributed by atoms with Gasteiger partial charge >= 0.3 is 0 Å². The van der Waals surface area contributed by atoms with E-state index in [2.05, 4.69) is 12.2 Å². The standard InChI is InChI=1S/C17H23Cl2NO/c1-2-21-16-11-15(17(16)8-4-3-5-9-17)20-12-6-7-13(18)14(19)10-12/h6-7,10,15-16,20H,2-5,8-9,11H2,1H3. The molecule has 4 heteroatoms. The van der Waals surface area contributed by atoms with Gasteiger partial charge in [-0.15, -0.1) is 0 Å². The zero-order chi connectivity index (χ0) is 14.9. The van der Waals surface area contributed by atoms with E-state index in [0.29, 0.717) is 27.6 Å². The zero-order valence-electron chi connectivity index (χ0n) is 12.5. The molecule has 0 radical (unpaired) electrons. The van der Waals surface area contributed by atoms with Gasteiger partial charge in [-0.3, -0.25) is 0 Å². The first-order valence-corrected chi connectivity index (χ1v) is 8.74. The number of hydrogen-bond acceptors (Lipinski definition) is 2. The third kappa shape index (κ3) is 2.91. The van der Waals surface area contributed by atoms with Crippen molar-refractivity contribution in [3.05, 3.63) is 28.2 Å². The molecule has 2 nitrogen and oxygen atoms in total. The van der Waals surface area contributed by atoms with Crippen LogP contribution in [0.1, 0.15) is 45.4 Å². The first kappa shape index (κ1) is 15.5. The summed E-state index contributed by atoms with van der Waals surface area (Å²) in [5.41, 5.74) is 1.38. The Morgan fingerprint density at radius 1 is 1.19 bits per heavy atom. The Labute approximate surface area is 137 Å². The van der Waals surface area contributed by atoms with Gasteiger partial charge in [-0.05, 0) is 44.4 Å². The van der Waals surface area contributed by atoms with E-state index in [1.54, 1.807) is 0 Å². The van der Waals surface area contributed by atoms with Crippen molar-refractivity contribution in [1.29, 1.82) is 0 Å². The summed E-state index contributed by atoms with van der Waals surface area (Å²) in [4.78, 5) is 0. The Bertz CT molecular complexity index is 500. The molecule has 2 fully saturated rings. The SMILES string of the molecule is CCOC1CC(Nc2ccc(Cl)c(Cl)c2)C12CCCCC2. The molecule has 0 saturated heterocycles. The van der Waals surface area contributed by atoms with Crippen LogP contribution in [-0.2, 0) is 4.74 Å². The lowest BCUT2D eigenvalue weighted by Gasteiger charge is -2.58. The van der Waals surface area contributed by atoms with Crippen LogP contribution in [-0.4, -0.2) is 18.8 Å². The Hall–Kier alpha value is -0.440. The van der Waals surface area contributed by atoms with Crippen molar-refractivity contribution in [2.24, 2.45) is 5.41 Å². The molecule has 2 aliphatic carbocycles. The summed E-state index contributed by atoms with van der Waals surface area (Å²) in [6.07, 6.45) is 8.07. The molecular weight excluding hydrogens is 305 g/mol. The predicted octanol–water partition coefficient (Wildman–Crippen LogP) is 5.53. The van der Waals surface area contributed by atoms with E-state index in [1.165, 1.54) is 32.1 Å². The Balaban J connectivity index is 1.73. The van der Waals surface area contributed by atoms with Crippen molar-refractivity contribution >= 4 is 28.9 Å². The van der Waals surface area contributed by atoms with Gasteiger partial charge < -0.3 is 10.1 Å². The number of ether oxygens (including phenoxy) is 1. The smallest absolute Gasteiger partial charge is 0.0670 e. The molecule has 0 heterocycles. The third-order valence-electron chi connectivity index (χ3n) is 5.20. The molecular formula is C17H23Cl2NO. The summed E-state index contributed by atoms with van der Waals surface area (Å²) < 4.78 is 5.99. The number of hydrogen-bond donors (Lipinski definition) is 1. The summed E-state index contributed by atoms with van der Waals surface area (Å²) in [6.45, 7) is 2.90. The summed E-state index contributed by atoms with van der Waals surface area (Å²) in [6, 6.07) is 6.29. The second-order valence-electron chi connectivity index (χ2n) is 6.30. The van der Waals surface area contributed by atoms with Crippen LogP contribution in [0.5, 0.6) is 0 Å². The minimum Gasteiger partial charge on any atom is -0.382 e. The highest BCUT2D eigenvalue weighted by Crippen LogP contribution is 2.54. The number of nitrogens with one attached hydrogen (secondary N) is 1. The minimum atomic E-state index is 0.320. The van der Waals surface area contributed by atoms with Crippen LogP contribution in [0.4, 0.5) is 5.69 Å². The molecule has 21 heavy (non-hydrogen) atoms. The number of benzene rings is 1. The van der Waals surface area contributed by atoms with Crippen molar-refractivity contribution < 1.29 is 4.74 Å². The van der Waals surface area contributed by atoms with Gasteiger partial charge in [-0.1, -0.05) is 42.5 Å². The molecule has 1 aromatic carbocycles. The average Bonchev–Trinajstić information content (AvgIpc) is 2.50. The monoisotopic (exact) mass is 327 g/mol. The highest BCUT2D eigenvalue weighted by atomic mass is 35.5. The van der Waals surface area contributed by atoms with Crippen LogP contribution in [0, 0.1) is 5.41 Å². The van der Waals surface area contributed by atoms with Gasteiger partial charge in [0.25, 0.3) is 0 Å². The highest BCUT2D eigenvalue weighted by molar-refractivity contribution is 6.42. The lowest BCUT2D eigenvalue weighted by atomic mass is 9.55. The van der Waals surface area contributed by atoms with Crippen LogP contribution in [0.2, 0.25) is 10.0 Å². The molecule has 1 aromatic rings. The molecule has 1 spiro atoms. The van der Waals surface area contributed by atoms with E-state index in [1.807, 2.05) is 18.2 Å². The van der Waals surface area contributed by atoms with Crippen molar-refractivity contribution in [2.75, 3.05) is 11.9 Å². The molecule has 1 N–H and O–H groups in total. The molecule has 0 bridgehead atoms. The van der Waals surface area contributed by atoms with Crippen LogP contribution in [0.3, 0.4) is 0 Å². The first-order chi connectivity index (χ1) is 10.2. The van der Waals surface area contributed by atoms with Crippen molar-refractivity contribution in [1.82, 2.24) is 0 Å². The predicted molar refractivity (Wildman–Crippen MR) is 89.4 cm³/mol. The van der Waals surface area contributed by atoms with E-state index < -0.39 is 0 Å². The van der Waals surface area contributed by atoms with E-state index >= 15 is 0 Å². The van der Waals surface area contributed by atoms with Crippen molar-refractivity contribution in [3.8, 4) is 0 Å². The van der Waals surface area contributed by atoms with Gasteiger partial charge in [0.2, 0.25) is 0 Å². The fraction of sp³-hybridized carbons (Fsp3) is 0.647. The van der Waals surface area contributed by atoms with E-state index in [0.717, 1.165) is 18.7 Å². The quantitative estimate of drug-likeness (QED) is 0.784. The Morgan fingerprint density at radius 2 is 1.95 bits per heavy atom. The van der Waals surface area contributed by atoms with Crippen molar-refractivity contribution in [2.45, 2.75) is 57.6 Å². The molecule has 2 saturated carbocycles. The molecule has 116 valence electrons. The van der Waals surface area contributed by atoms with Gasteiger partial charge in [-0.2, -0.15) is 0 Å². The van der Waals surface area contributed by atoms with Crippen LogP contribution >= 0.6 is 23.2 Å². The maximum absolute atomic E-state index is 6.12. The molecule has 0 aliphatic heterocycles. The zero-order valence-corrected chi connectivity index (χ0v) is 14.0.